The number of para-hydroxylation sites is 2. The molecule has 0 N–H and O–H groups in total. The Morgan fingerprint density at radius 3 is 1.90 bits per heavy atom. The van der Waals surface area contributed by atoms with Gasteiger partial charge in [0.05, 0.1) is 11.0 Å². The fraction of sp³-hybridized carbons (Fsp3) is 0.0526. The van der Waals surface area contributed by atoms with Crippen molar-refractivity contribution >= 4 is 21.8 Å². The lowest BCUT2D eigenvalue weighted by Crippen LogP contribution is -2.12. The molecule has 0 amide bonds. The van der Waals surface area contributed by atoms with Gasteiger partial charge in [0.25, 0.3) is 0 Å². The highest BCUT2D eigenvalue weighted by Crippen LogP contribution is 2.43. The van der Waals surface area contributed by atoms with Crippen LogP contribution in [0.1, 0.15) is 22.6 Å². The van der Waals surface area contributed by atoms with Gasteiger partial charge in [-0.1, -0.05) is 121 Å². The van der Waals surface area contributed by atoms with Crippen LogP contribution in [0.5, 0.6) is 0 Å². The molecule has 0 saturated heterocycles. The second-order valence-corrected chi connectivity index (χ2v) is 10.5. The molecule has 1 heterocycles. The molecule has 0 bridgehead atoms. The van der Waals surface area contributed by atoms with Gasteiger partial charge >= 0.3 is 0 Å². The molecule has 1 aliphatic carbocycles. The molecule has 1 aromatic heterocycles. The molecule has 184 valence electrons. The van der Waals surface area contributed by atoms with Crippen LogP contribution in [-0.2, 0) is 6.42 Å². The average molecular weight is 498 g/mol. The molecule has 1 unspecified atom stereocenters. The van der Waals surface area contributed by atoms with E-state index in [4.69, 9.17) is 0 Å². The monoisotopic (exact) mass is 497 g/mol. The summed E-state index contributed by atoms with van der Waals surface area (Å²) in [5.74, 6) is 0.344. The fourth-order valence-corrected chi connectivity index (χ4v) is 6.59. The van der Waals surface area contributed by atoms with Crippen molar-refractivity contribution in [1.29, 1.82) is 0 Å². The van der Waals surface area contributed by atoms with Gasteiger partial charge in [-0.25, -0.2) is 0 Å². The van der Waals surface area contributed by atoms with Crippen molar-refractivity contribution in [2.75, 3.05) is 0 Å². The van der Waals surface area contributed by atoms with Gasteiger partial charge in [-0.15, -0.1) is 0 Å². The Kier molecular flexibility index (Phi) is 5.03. The van der Waals surface area contributed by atoms with Crippen LogP contribution < -0.4 is 0 Å². The molecule has 0 saturated carbocycles. The first kappa shape index (κ1) is 22.1. The molecule has 1 aliphatic rings. The van der Waals surface area contributed by atoms with Crippen molar-refractivity contribution in [1.82, 2.24) is 4.57 Å². The summed E-state index contributed by atoms with van der Waals surface area (Å²) in [4.78, 5) is 0. The topological polar surface area (TPSA) is 4.93 Å². The van der Waals surface area contributed by atoms with E-state index >= 15 is 0 Å². The highest BCUT2D eigenvalue weighted by atomic mass is 15.0. The number of benzene rings is 6. The summed E-state index contributed by atoms with van der Waals surface area (Å²) in [6, 6.07) is 53.4. The van der Waals surface area contributed by atoms with Gasteiger partial charge in [-0.05, 0) is 69.6 Å². The Morgan fingerprint density at radius 2 is 1.10 bits per heavy atom. The first-order valence-electron chi connectivity index (χ1n) is 13.7. The molecule has 1 nitrogen and oxygen atoms in total. The van der Waals surface area contributed by atoms with E-state index in [-0.39, 0.29) is 0 Å². The highest BCUT2D eigenvalue weighted by molar-refractivity contribution is 6.09. The molecule has 8 rings (SSSR count). The Hall–Kier alpha value is -4.88. The maximum Gasteiger partial charge on any atom is 0.0541 e. The second kappa shape index (κ2) is 8.85. The largest absolute Gasteiger partial charge is 0.309 e. The maximum atomic E-state index is 2.40. The zero-order valence-electron chi connectivity index (χ0n) is 21.6. The van der Waals surface area contributed by atoms with Crippen molar-refractivity contribution in [2.24, 2.45) is 0 Å². The van der Waals surface area contributed by atoms with E-state index in [0.717, 1.165) is 6.42 Å². The van der Waals surface area contributed by atoms with Crippen LogP contribution >= 0.6 is 0 Å². The zero-order chi connectivity index (χ0) is 25.8. The number of hydrogen-bond acceptors (Lipinski definition) is 0. The molecule has 0 spiro atoms. The quantitative estimate of drug-likeness (QED) is 0.229. The smallest absolute Gasteiger partial charge is 0.0541 e. The van der Waals surface area contributed by atoms with Gasteiger partial charge < -0.3 is 4.57 Å². The molecule has 39 heavy (non-hydrogen) atoms. The summed E-state index contributed by atoms with van der Waals surface area (Å²) < 4.78 is 2.40. The minimum atomic E-state index is 0.344. The Labute approximate surface area is 228 Å². The van der Waals surface area contributed by atoms with Crippen molar-refractivity contribution < 1.29 is 0 Å². The number of aromatic nitrogens is 1. The predicted molar refractivity (Wildman–Crippen MR) is 164 cm³/mol. The molecule has 7 aromatic rings. The van der Waals surface area contributed by atoms with Gasteiger partial charge in [0.2, 0.25) is 0 Å². The molecule has 1 atom stereocenters. The molecule has 0 aliphatic heterocycles. The van der Waals surface area contributed by atoms with E-state index < -0.39 is 0 Å². The van der Waals surface area contributed by atoms with Crippen LogP contribution in [-0.4, -0.2) is 4.57 Å². The van der Waals surface area contributed by atoms with E-state index in [9.17, 15) is 0 Å². The minimum Gasteiger partial charge on any atom is -0.309 e. The van der Waals surface area contributed by atoms with Crippen LogP contribution in [0.4, 0.5) is 0 Å². The Bertz CT molecular complexity index is 1950. The van der Waals surface area contributed by atoms with Crippen LogP contribution in [0.3, 0.4) is 0 Å². The molecular formula is C38H27N. The Balaban J connectivity index is 1.24. The lowest BCUT2D eigenvalue weighted by atomic mass is 9.75. The molecule has 6 aromatic carbocycles. The van der Waals surface area contributed by atoms with Crippen molar-refractivity contribution in [3.05, 3.63) is 162 Å². The summed E-state index contributed by atoms with van der Waals surface area (Å²) in [5.41, 5.74) is 13.1. The Morgan fingerprint density at radius 1 is 0.487 bits per heavy atom. The first-order chi connectivity index (χ1) is 19.3. The minimum absolute atomic E-state index is 0.344. The van der Waals surface area contributed by atoms with Crippen molar-refractivity contribution in [3.63, 3.8) is 0 Å². The maximum absolute atomic E-state index is 2.40. The lowest BCUT2D eigenvalue weighted by Gasteiger charge is -2.28. The summed E-state index contributed by atoms with van der Waals surface area (Å²) in [6.07, 6.45) is 1.03. The first-order valence-corrected chi connectivity index (χ1v) is 13.7. The number of fused-ring (bicyclic) bond motifs is 6. The number of hydrogen-bond donors (Lipinski definition) is 0. The van der Waals surface area contributed by atoms with Gasteiger partial charge in [-0.2, -0.15) is 0 Å². The highest BCUT2D eigenvalue weighted by Gasteiger charge is 2.25. The fourth-order valence-electron chi connectivity index (χ4n) is 6.59. The summed E-state index contributed by atoms with van der Waals surface area (Å²) >= 11 is 0. The predicted octanol–water partition coefficient (Wildman–Crippen LogP) is 9.81. The normalized spacial score (nSPS) is 14.3. The average Bonchev–Trinajstić information content (AvgIpc) is 3.35. The lowest BCUT2D eigenvalue weighted by molar-refractivity contribution is 0.794. The number of nitrogens with zero attached hydrogens (tertiary/aromatic N) is 1. The zero-order valence-corrected chi connectivity index (χ0v) is 21.6. The molecule has 1 heteroatoms. The molecular weight excluding hydrogens is 470 g/mol. The third-order valence-corrected chi connectivity index (χ3v) is 8.37. The summed E-state index contributed by atoms with van der Waals surface area (Å²) in [5, 5.41) is 2.58. The van der Waals surface area contributed by atoms with E-state index in [2.05, 4.69) is 150 Å². The van der Waals surface area contributed by atoms with E-state index in [1.807, 2.05) is 0 Å². The van der Waals surface area contributed by atoms with Gasteiger partial charge in [0.1, 0.15) is 0 Å². The summed E-state index contributed by atoms with van der Waals surface area (Å²) in [7, 11) is 0. The molecule has 0 radical (unpaired) electrons. The van der Waals surface area contributed by atoms with Crippen molar-refractivity contribution in [2.45, 2.75) is 12.3 Å². The number of rotatable bonds is 3. The van der Waals surface area contributed by atoms with E-state index in [0.29, 0.717) is 5.92 Å². The van der Waals surface area contributed by atoms with Crippen LogP contribution in [0.25, 0.3) is 49.7 Å². The summed E-state index contributed by atoms with van der Waals surface area (Å²) in [6.45, 7) is 0. The standard InChI is InChI=1S/C38H27N/c1-2-16-31-29(11-1)25-36(33-18-4-3-17-32(31)33)28-14-9-12-26(23-28)27-13-10-15-30(24-27)39-37-21-7-5-19-34(37)35-20-6-8-22-38(35)39/h1-24,36H,25H2. The third-order valence-electron chi connectivity index (χ3n) is 8.37. The van der Waals surface area contributed by atoms with Gasteiger partial charge in [0.15, 0.2) is 0 Å². The van der Waals surface area contributed by atoms with Crippen LogP contribution in [0.15, 0.2) is 146 Å². The van der Waals surface area contributed by atoms with E-state index in [1.54, 1.807) is 0 Å². The van der Waals surface area contributed by atoms with Crippen molar-refractivity contribution in [3.8, 4) is 27.9 Å². The van der Waals surface area contributed by atoms with Gasteiger partial charge in [0, 0.05) is 22.4 Å². The molecule has 0 fully saturated rings. The van der Waals surface area contributed by atoms with E-state index in [1.165, 1.54) is 66.4 Å². The van der Waals surface area contributed by atoms with Gasteiger partial charge in [-0.3, -0.25) is 0 Å². The second-order valence-electron chi connectivity index (χ2n) is 10.5. The van der Waals surface area contributed by atoms with Crippen LogP contribution in [0.2, 0.25) is 0 Å². The SMILES string of the molecule is c1cc(-c2cccc(-n3c4ccccc4c4ccccc43)c2)cc(C2Cc3ccccc3-c3ccccc32)c1. The van der Waals surface area contributed by atoms with Crippen LogP contribution in [0, 0.1) is 0 Å². The third kappa shape index (κ3) is 3.55.